The molecule has 1 spiro atoms. The second-order valence-corrected chi connectivity index (χ2v) is 24.4. The van der Waals surface area contributed by atoms with Gasteiger partial charge < -0.3 is 89.0 Å². The first-order valence-corrected chi connectivity index (χ1v) is 26.0. The summed E-state index contributed by atoms with van der Waals surface area (Å²) in [6, 6.07) is 0. The Balaban J connectivity index is 0.956. The third kappa shape index (κ3) is 8.37. The third-order valence-electron chi connectivity index (χ3n) is 20.5. The molecule has 10 N–H and O–H groups in total. The summed E-state index contributed by atoms with van der Waals surface area (Å²) in [5.41, 5.74) is 0.153. The van der Waals surface area contributed by atoms with Crippen LogP contribution in [-0.2, 0) is 37.9 Å². The summed E-state index contributed by atoms with van der Waals surface area (Å²) in [6.45, 7) is 15.8. The molecule has 5 aliphatic heterocycles. The highest BCUT2D eigenvalue weighted by Gasteiger charge is 2.71. The maximum absolute atomic E-state index is 12.5. The second kappa shape index (κ2) is 19.3. The molecule has 0 aromatic rings. The molecule has 0 unspecified atom stereocenters. The van der Waals surface area contributed by atoms with Gasteiger partial charge in [0.1, 0.15) is 67.1 Å². The zero-order chi connectivity index (χ0) is 49.8. The molecule has 10 aliphatic rings. The minimum Gasteiger partial charge on any atom is -0.394 e. The molecule has 18 nitrogen and oxygen atoms in total. The van der Waals surface area contributed by atoms with E-state index in [0.717, 1.165) is 57.8 Å². The van der Waals surface area contributed by atoms with Gasteiger partial charge in [-0.05, 0) is 104 Å². The average molecular weight is 985 g/mol. The lowest BCUT2D eigenvalue weighted by atomic mass is 9.33. The summed E-state index contributed by atoms with van der Waals surface area (Å²) in [5.74, 6) is 0.720. The summed E-state index contributed by atoms with van der Waals surface area (Å²) in [7, 11) is 0. The molecule has 5 saturated heterocycles. The average Bonchev–Trinajstić information content (AvgIpc) is 3.53. The Bertz CT molecular complexity index is 1840. The van der Waals surface area contributed by atoms with Crippen LogP contribution in [0, 0.1) is 50.2 Å². The van der Waals surface area contributed by atoms with Crippen LogP contribution in [0.4, 0.5) is 0 Å². The molecular formula is C51H84O18. The Labute approximate surface area is 406 Å². The Kier molecular flexibility index (Phi) is 14.8. The van der Waals surface area contributed by atoms with Crippen LogP contribution in [0.1, 0.15) is 119 Å². The normalized spacial score (nSPS) is 54.9. The predicted octanol–water partition coefficient (Wildman–Crippen LogP) is 1.38. The van der Waals surface area contributed by atoms with Crippen LogP contribution in [0.3, 0.4) is 0 Å². The van der Waals surface area contributed by atoms with E-state index in [0.29, 0.717) is 32.0 Å². The molecule has 2 bridgehead atoms. The van der Waals surface area contributed by atoms with Crippen LogP contribution in [0.2, 0.25) is 0 Å². The highest BCUT2D eigenvalue weighted by atomic mass is 16.8. The quantitative estimate of drug-likeness (QED) is 0.0752. The van der Waals surface area contributed by atoms with Crippen molar-refractivity contribution in [2.24, 2.45) is 50.2 Å². The van der Waals surface area contributed by atoms with Crippen LogP contribution in [0.25, 0.3) is 0 Å². The summed E-state index contributed by atoms with van der Waals surface area (Å²) in [4.78, 5) is 0. The second-order valence-electron chi connectivity index (χ2n) is 24.4. The van der Waals surface area contributed by atoms with Gasteiger partial charge in [-0.1, -0.05) is 66.5 Å². The highest BCUT2D eigenvalue weighted by molar-refractivity contribution is 5.35. The molecule has 69 heavy (non-hydrogen) atoms. The fraction of sp³-hybridized carbons (Fsp3) is 0.961. The first-order chi connectivity index (χ1) is 32.5. The van der Waals surface area contributed by atoms with Crippen molar-refractivity contribution in [2.75, 3.05) is 33.0 Å². The molecular weight excluding hydrogens is 901 g/mol. The number of rotatable bonds is 12. The molecule has 0 amide bonds. The zero-order valence-corrected chi connectivity index (χ0v) is 41.7. The minimum atomic E-state index is -1.82. The molecule has 0 radical (unpaired) electrons. The molecule has 5 heterocycles. The molecule has 9 fully saturated rings. The van der Waals surface area contributed by atoms with Crippen molar-refractivity contribution in [2.45, 2.75) is 224 Å². The van der Waals surface area contributed by atoms with Gasteiger partial charge in [0, 0.05) is 17.4 Å². The fourth-order valence-corrected chi connectivity index (χ4v) is 16.0. The van der Waals surface area contributed by atoms with Gasteiger partial charge in [-0.15, -0.1) is 0 Å². The number of allylic oxidation sites excluding steroid dienone is 2. The molecule has 5 aliphatic carbocycles. The number of unbranched alkanes of at least 4 members (excludes halogenated alkanes) is 1. The van der Waals surface area contributed by atoms with E-state index in [1.54, 1.807) is 0 Å². The summed E-state index contributed by atoms with van der Waals surface area (Å²) >= 11 is 0. The van der Waals surface area contributed by atoms with Gasteiger partial charge in [-0.3, -0.25) is 0 Å². The van der Waals surface area contributed by atoms with E-state index in [1.165, 1.54) is 5.57 Å². The van der Waals surface area contributed by atoms with Crippen LogP contribution in [-0.4, -0.2) is 189 Å². The molecule has 4 saturated carbocycles. The van der Waals surface area contributed by atoms with Crippen molar-refractivity contribution < 1.29 is 89.0 Å². The van der Waals surface area contributed by atoms with Gasteiger partial charge in [0.15, 0.2) is 25.2 Å². The van der Waals surface area contributed by atoms with Crippen LogP contribution in [0.5, 0.6) is 0 Å². The van der Waals surface area contributed by atoms with Crippen molar-refractivity contribution in [3.05, 3.63) is 11.6 Å². The Morgan fingerprint density at radius 2 is 1.32 bits per heavy atom. The number of aliphatic hydroxyl groups excluding tert-OH is 10. The van der Waals surface area contributed by atoms with Crippen LogP contribution < -0.4 is 0 Å². The standard InChI is InChI=1S/C51H84O18/c1-8-9-18-62-45-47(4)16-17-51(24-64-45)26(19-47)25-10-11-31-48(5)14-13-33(46(2,3)30(48)12-15-49(31,6)50(25,7)20-32(51)54)68-44-41(69-43-40(61)38(59)35(56)28(22-53)66-43)36(57)29(23-63-44)67-42-39(60)37(58)34(55)27(21-52)65-42/h10,26-45,52-61H,8-9,11-24H2,1-7H3/t26-,27+,28+,29-,30-,31+,32+,33-,34+,35+,36-,37-,38-,39+,40+,41+,42-,43-,44-,45-,47-,48-,49+,50+,51+/m0/s1. The third-order valence-corrected chi connectivity index (χ3v) is 20.5. The number of aliphatic hydroxyl groups is 10. The Morgan fingerprint density at radius 3 is 1.96 bits per heavy atom. The smallest absolute Gasteiger partial charge is 0.187 e. The molecule has 0 aromatic heterocycles. The molecule has 18 heteroatoms. The van der Waals surface area contributed by atoms with Gasteiger partial charge >= 0.3 is 0 Å². The summed E-state index contributed by atoms with van der Waals surface area (Å²) < 4.78 is 49.8. The van der Waals surface area contributed by atoms with E-state index >= 15 is 0 Å². The molecule has 0 aromatic carbocycles. The largest absolute Gasteiger partial charge is 0.394 e. The number of fused-ring (bicyclic) bond motifs is 8. The number of hydrogen-bond donors (Lipinski definition) is 10. The van der Waals surface area contributed by atoms with E-state index < -0.39 is 117 Å². The first-order valence-electron chi connectivity index (χ1n) is 26.0. The van der Waals surface area contributed by atoms with Crippen molar-refractivity contribution in [3.8, 4) is 0 Å². The Hall–Kier alpha value is -0.980. The van der Waals surface area contributed by atoms with Gasteiger partial charge in [-0.2, -0.15) is 0 Å². The molecule has 396 valence electrons. The maximum Gasteiger partial charge on any atom is 0.187 e. The van der Waals surface area contributed by atoms with Gasteiger partial charge in [0.2, 0.25) is 0 Å². The van der Waals surface area contributed by atoms with E-state index in [1.807, 2.05) is 0 Å². The van der Waals surface area contributed by atoms with Gasteiger partial charge in [0.05, 0.1) is 38.6 Å². The molecule has 10 rings (SSSR count). The van der Waals surface area contributed by atoms with Crippen molar-refractivity contribution >= 4 is 0 Å². The summed E-state index contributed by atoms with van der Waals surface area (Å²) in [6.07, 6.45) is -10.8. The van der Waals surface area contributed by atoms with Gasteiger partial charge in [0.25, 0.3) is 0 Å². The minimum absolute atomic E-state index is 0.101. The monoisotopic (exact) mass is 985 g/mol. The van der Waals surface area contributed by atoms with E-state index in [4.69, 9.17) is 37.9 Å². The number of hydrogen-bond acceptors (Lipinski definition) is 18. The summed E-state index contributed by atoms with van der Waals surface area (Å²) in [5, 5.41) is 108. The lowest BCUT2D eigenvalue weighted by molar-refractivity contribution is -0.382. The zero-order valence-electron chi connectivity index (χ0n) is 41.7. The van der Waals surface area contributed by atoms with Gasteiger partial charge in [-0.25, -0.2) is 0 Å². The number of ether oxygens (including phenoxy) is 8. The lowest BCUT2D eigenvalue weighted by Gasteiger charge is -2.72. The van der Waals surface area contributed by atoms with Crippen molar-refractivity contribution in [1.29, 1.82) is 0 Å². The lowest BCUT2D eigenvalue weighted by Crippen LogP contribution is -2.67. The van der Waals surface area contributed by atoms with Crippen LogP contribution >= 0.6 is 0 Å². The SMILES string of the molecule is CCCCO[C@H]1OC[C@]23CC[C@@]1(C)C[C@H]2C1=CC[C@@H]2[C@@]4(C)CC[C@H](O[C@@H]5OC[C@H](O[C@@H]6O[C@H](CO)[C@@H](O)[C@H](O)[C@H]6O)[C@H](O)[C@H]5O[C@@H]5O[C@H](CO)[C@@H](O)[C@H](O)[C@H]5O)C(C)(C)[C@@H]4CC[C@@]2(C)[C@]1(C)C[C@H]3O. The Morgan fingerprint density at radius 1 is 0.667 bits per heavy atom. The van der Waals surface area contributed by atoms with E-state index in [-0.39, 0.29) is 51.8 Å². The van der Waals surface area contributed by atoms with E-state index in [2.05, 4.69) is 54.5 Å². The van der Waals surface area contributed by atoms with Crippen molar-refractivity contribution in [3.63, 3.8) is 0 Å². The van der Waals surface area contributed by atoms with E-state index in [9.17, 15) is 51.1 Å². The molecule has 25 atom stereocenters. The van der Waals surface area contributed by atoms with Crippen LogP contribution in [0.15, 0.2) is 11.6 Å². The maximum atomic E-state index is 12.5. The first kappa shape index (κ1) is 52.9. The van der Waals surface area contributed by atoms with Crippen molar-refractivity contribution in [1.82, 2.24) is 0 Å². The highest BCUT2D eigenvalue weighted by Crippen LogP contribution is 2.76. The topological polar surface area (TPSA) is 276 Å². The fourth-order valence-electron chi connectivity index (χ4n) is 16.0. The predicted molar refractivity (Wildman–Crippen MR) is 243 cm³/mol.